The van der Waals surface area contributed by atoms with Gasteiger partial charge in [0, 0.05) is 10.5 Å². The van der Waals surface area contributed by atoms with E-state index in [1.54, 1.807) is 36.4 Å². The molecule has 0 aromatic heterocycles. The summed E-state index contributed by atoms with van der Waals surface area (Å²) in [4.78, 5) is 12.5. The van der Waals surface area contributed by atoms with Crippen molar-refractivity contribution in [1.82, 2.24) is 0 Å². The average Bonchev–Trinajstić information content (AvgIpc) is 2.98. The van der Waals surface area contributed by atoms with Gasteiger partial charge in [0.05, 0.1) is 5.56 Å². The second-order valence-electron chi connectivity index (χ2n) is 6.06. The summed E-state index contributed by atoms with van der Waals surface area (Å²) in [5, 5.41) is 0. The number of halogens is 2. The Kier molecular flexibility index (Phi) is 4.77. The number of Topliss-reactive ketones (excluding diaryl/α,β-unsaturated/α-hetero) is 1. The molecule has 0 aliphatic carbocycles. The molecule has 0 amide bonds. The maximum absolute atomic E-state index is 13.0. The summed E-state index contributed by atoms with van der Waals surface area (Å²) < 4.78 is 25.5. The number of benzene rings is 3. The Bertz CT molecular complexity index is 1020. The predicted molar refractivity (Wildman–Crippen MR) is 104 cm³/mol. The lowest BCUT2D eigenvalue weighted by Gasteiger charge is -2.07. The summed E-state index contributed by atoms with van der Waals surface area (Å²) in [7, 11) is 0. The van der Waals surface area contributed by atoms with Crippen molar-refractivity contribution >= 4 is 27.8 Å². The summed E-state index contributed by atoms with van der Waals surface area (Å²) in [6.45, 7) is 0.415. The predicted octanol–water partition coefficient (Wildman–Crippen LogP) is 5.78. The van der Waals surface area contributed by atoms with Gasteiger partial charge in [-0.3, -0.25) is 4.79 Å². The fraction of sp³-hybridized carbons (Fsp3) is 0.0455. The molecule has 1 aliphatic rings. The molecule has 134 valence electrons. The number of ether oxygens (including phenoxy) is 2. The highest BCUT2D eigenvalue weighted by Crippen LogP contribution is 2.35. The van der Waals surface area contributed by atoms with Crippen LogP contribution in [0.15, 0.2) is 77.0 Å². The van der Waals surface area contributed by atoms with Crippen LogP contribution in [0.1, 0.15) is 21.5 Å². The molecule has 0 fully saturated rings. The van der Waals surface area contributed by atoms with Crippen LogP contribution in [-0.2, 0) is 6.61 Å². The van der Waals surface area contributed by atoms with Gasteiger partial charge in [0.25, 0.3) is 0 Å². The van der Waals surface area contributed by atoms with Crippen LogP contribution in [0.5, 0.6) is 11.5 Å². The van der Waals surface area contributed by atoms with E-state index in [-0.39, 0.29) is 17.4 Å². The molecule has 0 saturated carbocycles. The molecule has 0 atom stereocenters. The Labute approximate surface area is 164 Å². The van der Waals surface area contributed by atoms with Crippen molar-refractivity contribution in [2.75, 3.05) is 0 Å². The van der Waals surface area contributed by atoms with E-state index < -0.39 is 0 Å². The van der Waals surface area contributed by atoms with Gasteiger partial charge in [0.1, 0.15) is 23.9 Å². The zero-order chi connectivity index (χ0) is 18.8. The van der Waals surface area contributed by atoms with Crippen molar-refractivity contribution in [3.8, 4) is 11.5 Å². The van der Waals surface area contributed by atoms with E-state index in [1.807, 2.05) is 24.3 Å². The molecule has 3 aromatic rings. The number of allylic oxidation sites excluding steroid dienone is 1. The molecule has 0 radical (unpaired) electrons. The van der Waals surface area contributed by atoms with E-state index >= 15 is 0 Å². The third kappa shape index (κ3) is 3.93. The van der Waals surface area contributed by atoms with Gasteiger partial charge >= 0.3 is 0 Å². The number of hydrogen-bond donors (Lipinski definition) is 0. The molecule has 0 saturated heterocycles. The molecule has 0 N–H and O–H groups in total. The van der Waals surface area contributed by atoms with Gasteiger partial charge in [-0.25, -0.2) is 4.39 Å². The molecule has 0 unspecified atom stereocenters. The Morgan fingerprint density at radius 1 is 1.00 bits per heavy atom. The lowest BCUT2D eigenvalue weighted by molar-refractivity contribution is 0.101. The van der Waals surface area contributed by atoms with Crippen LogP contribution >= 0.6 is 15.9 Å². The van der Waals surface area contributed by atoms with Gasteiger partial charge in [0.2, 0.25) is 5.78 Å². The lowest BCUT2D eigenvalue weighted by atomic mass is 10.1. The fourth-order valence-electron chi connectivity index (χ4n) is 2.71. The van der Waals surface area contributed by atoms with Crippen molar-refractivity contribution in [1.29, 1.82) is 0 Å². The van der Waals surface area contributed by atoms with Gasteiger partial charge in [-0.2, -0.15) is 0 Å². The van der Waals surface area contributed by atoms with Crippen molar-refractivity contribution in [3.63, 3.8) is 0 Å². The zero-order valence-electron chi connectivity index (χ0n) is 14.1. The van der Waals surface area contributed by atoms with E-state index in [9.17, 15) is 9.18 Å². The molecule has 1 aliphatic heterocycles. The first kappa shape index (κ1) is 17.5. The Morgan fingerprint density at radius 3 is 2.48 bits per heavy atom. The third-order valence-corrected chi connectivity index (χ3v) is 4.66. The normalized spacial score (nSPS) is 14.1. The molecule has 5 heteroatoms. The Hall–Kier alpha value is -2.92. The molecular formula is C22H14BrFO3. The SMILES string of the molecule is O=C1C(=Cc2ccc(F)cc2)Oc2cc(OCc3ccc(Br)cc3)ccc21. The average molecular weight is 425 g/mol. The standard InChI is InChI=1S/C22H14BrFO3/c23-16-5-1-15(2-6-16)13-26-18-9-10-19-20(12-18)27-21(22(19)25)11-14-3-7-17(24)8-4-14/h1-12H,13H2. The third-order valence-electron chi connectivity index (χ3n) is 4.13. The maximum Gasteiger partial charge on any atom is 0.231 e. The summed E-state index contributed by atoms with van der Waals surface area (Å²) in [6, 6.07) is 18.9. The van der Waals surface area contributed by atoms with Crippen molar-refractivity contribution in [2.45, 2.75) is 6.61 Å². The molecule has 0 bridgehead atoms. The first-order valence-electron chi connectivity index (χ1n) is 8.29. The van der Waals surface area contributed by atoms with Gasteiger partial charge in [-0.1, -0.05) is 40.2 Å². The minimum atomic E-state index is -0.327. The van der Waals surface area contributed by atoms with Crippen LogP contribution in [0.25, 0.3) is 6.08 Å². The van der Waals surface area contributed by atoms with E-state index in [0.717, 1.165) is 10.0 Å². The molecule has 3 aromatic carbocycles. The second kappa shape index (κ2) is 7.37. The van der Waals surface area contributed by atoms with Gasteiger partial charge in [-0.15, -0.1) is 0 Å². The monoisotopic (exact) mass is 424 g/mol. The van der Waals surface area contributed by atoms with Crippen LogP contribution in [0.4, 0.5) is 4.39 Å². The summed E-state index contributed by atoms with van der Waals surface area (Å²) >= 11 is 3.40. The minimum Gasteiger partial charge on any atom is -0.489 e. The maximum atomic E-state index is 13.0. The highest BCUT2D eigenvalue weighted by molar-refractivity contribution is 9.10. The smallest absolute Gasteiger partial charge is 0.231 e. The van der Waals surface area contributed by atoms with Gasteiger partial charge in [-0.05, 0) is 53.6 Å². The van der Waals surface area contributed by atoms with E-state index in [0.29, 0.717) is 29.2 Å². The van der Waals surface area contributed by atoms with Crippen LogP contribution in [0.3, 0.4) is 0 Å². The summed E-state index contributed by atoms with van der Waals surface area (Å²) in [6.07, 6.45) is 1.60. The van der Waals surface area contributed by atoms with Crippen LogP contribution < -0.4 is 9.47 Å². The lowest BCUT2D eigenvalue weighted by Crippen LogP contribution is -1.98. The Morgan fingerprint density at radius 2 is 1.74 bits per heavy atom. The summed E-state index contributed by atoms with van der Waals surface area (Å²) in [5.74, 6) is 0.760. The van der Waals surface area contributed by atoms with Crippen molar-refractivity contribution in [2.24, 2.45) is 0 Å². The highest BCUT2D eigenvalue weighted by Gasteiger charge is 2.27. The van der Waals surface area contributed by atoms with E-state index in [4.69, 9.17) is 9.47 Å². The van der Waals surface area contributed by atoms with Crippen LogP contribution in [0, 0.1) is 5.82 Å². The van der Waals surface area contributed by atoms with E-state index in [2.05, 4.69) is 15.9 Å². The van der Waals surface area contributed by atoms with Crippen molar-refractivity contribution < 1.29 is 18.7 Å². The Balaban J connectivity index is 1.50. The minimum absolute atomic E-state index is 0.200. The number of carbonyl (C=O) groups is 1. The van der Waals surface area contributed by atoms with Crippen LogP contribution in [-0.4, -0.2) is 5.78 Å². The zero-order valence-corrected chi connectivity index (χ0v) is 15.7. The van der Waals surface area contributed by atoms with Crippen LogP contribution in [0.2, 0.25) is 0 Å². The largest absolute Gasteiger partial charge is 0.489 e. The molecule has 1 heterocycles. The fourth-order valence-corrected chi connectivity index (χ4v) is 2.98. The summed E-state index contributed by atoms with van der Waals surface area (Å²) in [5.41, 5.74) is 2.21. The molecule has 27 heavy (non-hydrogen) atoms. The van der Waals surface area contributed by atoms with Gasteiger partial charge < -0.3 is 9.47 Å². The van der Waals surface area contributed by atoms with Gasteiger partial charge in [0.15, 0.2) is 5.76 Å². The highest BCUT2D eigenvalue weighted by atomic mass is 79.9. The number of fused-ring (bicyclic) bond motifs is 1. The number of hydrogen-bond acceptors (Lipinski definition) is 3. The topological polar surface area (TPSA) is 35.5 Å². The van der Waals surface area contributed by atoms with E-state index in [1.165, 1.54) is 12.1 Å². The molecule has 0 spiro atoms. The van der Waals surface area contributed by atoms with Crippen molar-refractivity contribution in [3.05, 3.63) is 99.5 Å². The second-order valence-corrected chi connectivity index (χ2v) is 6.98. The number of carbonyl (C=O) groups excluding carboxylic acids is 1. The first-order valence-corrected chi connectivity index (χ1v) is 9.09. The number of ketones is 1. The molecular weight excluding hydrogens is 411 g/mol. The first-order chi connectivity index (χ1) is 13.1. The molecule has 3 nitrogen and oxygen atoms in total. The molecule has 4 rings (SSSR count). The quantitative estimate of drug-likeness (QED) is 0.497. The number of rotatable bonds is 4.